The lowest BCUT2D eigenvalue weighted by atomic mass is 10.4. The summed E-state index contributed by atoms with van der Waals surface area (Å²) in [6.45, 7) is 3.50. The van der Waals surface area contributed by atoms with Gasteiger partial charge in [-0.3, -0.25) is 0 Å². The van der Waals surface area contributed by atoms with Gasteiger partial charge in [-0.25, -0.2) is 9.97 Å². The highest BCUT2D eigenvalue weighted by molar-refractivity contribution is 5.46. The van der Waals surface area contributed by atoms with E-state index in [4.69, 9.17) is 4.74 Å². The highest BCUT2D eigenvalue weighted by Gasteiger charge is 2.25. The smallest absolute Gasteiger partial charge is 0.178 e. The zero-order chi connectivity index (χ0) is 10.3. The fraction of sp³-hybridized carbons (Fsp3) is 0.400. The van der Waals surface area contributed by atoms with Crippen LogP contribution in [0, 0.1) is 0 Å². The molecule has 0 spiro atoms. The van der Waals surface area contributed by atoms with Crippen molar-refractivity contribution in [3.05, 3.63) is 24.8 Å². The highest BCUT2D eigenvalue weighted by atomic mass is 16.5. The molecule has 78 valence electrons. The molecule has 0 bridgehead atoms. The summed E-state index contributed by atoms with van der Waals surface area (Å²) < 4.78 is 9.77. The van der Waals surface area contributed by atoms with Gasteiger partial charge in [-0.2, -0.15) is 0 Å². The van der Waals surface area contributed by atoms with Gasteiger partial charge in [0.1, 0.15) is 0 Å². The molecule has 0 saturated heterocycles. The SMILES string of the molecule is CCOC1Cn2ccnc2-c2nccn21. The van der Waals surface area contributed by atoms with Gasteiger partial charge in [0.15, 0.2) is 17.9 Å². The number of hydrogen-bond donors (Lipinski definition) is 0. The Morgan fingerprint density at radius 2 is 2.13 bits per heavy atom. The number of hydrogen-bond acceptors (Lipinski definition) is 3. The van der Waals surface area contributed by atoms with Gasteiger partial charge < -0.3 is 13.9 Å². The van der Waals surface area contributed by atoms with Gasteiger partial charge >= 0.3 is 0 Å². The van der Waals surface area contributed by atoms with Crippen LogP contribution in [-0.4, -0.2) is 25.7 Å². The van der Waals surface area contributed by atoms with Crippen LogP contribution in [0.2, 0.25) is 0 Å². The Bertz CT molecular complexity index is 473. The van der Waals surface area contributed by atoms with E-state index < -0.39 is 0 Å². The Kier molecular flexibility index (Phi) is 1.85. The fourth-order valence-corrected chi connectivity index (χ4v) is 1.96. The summed E-state index contributed by atoms with van der Waals surface area (Å²) in [6, 6.07) is 0. The molecular weight excluding hydrogens is 192 g/mol. The monoisotopic (exact) mass is 204 g/mol. The summed E-state index contributed by atoms with van der Waals surface area (Å²) in [5.74, 6) is 1.79. The van der Waals surface area contributed by atoms with Crippen LogP contribution in [0.25, 0.3) is 11.6 Å². The van der Waals surface area contributed by atoms with Crippen molar-refractivity contribution in [2.24, 2.45) is 0 Å². The molecule has 0 amide bonds. The van der Waals surface area contributed by atoms with Gasteiger partial charge in [-0.05, 0) is 6.92 Å². The molecular formula is C10H12N4O. The van der Waals surface area contributed by atoms with E-state index >= 15 is 0 Å². The van der Waals surface area contributed by atoms with Crippen molar-refractivity contribution < 1.29 is 4.74 Å². The van der Waals surface area contributed by atoms with Gasteiger partial charge in [-0.15, -0.1) is 0 Å². The predicted octanol–water partition coefficient (Wildman–Crippen LogP) is 1.30. The van der Waals surface area contributed by atoms with Crippen LogP contribution in [0.3, 0.4) is 0 Å². The molecule has 0 fully saturated rings. The molecule has 1 aliphatic heterocycles. The first-order chi connectivity index (χ1) is 7.40. The third kappa shape index (κ3) is 1.20. The lowest BCUT2D eigenvalue weighted by Crippen LogP contribution is -2.24. The van der Waals surface area contributed by atoms with Crippen LogP contribution in [0.1, 0.15) is 13.2 Å². The Labute approximate surface area is 87.3 Å². The summed E-state index contributed by atoms with van der Waals surface area (Å²) >= 11 is 0. The molecule has 0 saturated carbocycles. The zero-order valence-corrected chi connectivity index (χ0v) is 8.50. The Morgan fingerprint density at radius 3 is 3.00 bits per heavy atom. The van der Waals surface area contributed by atoms with Gasteiger partial charge in [0.05, 0.1) is 6.54 Å². The molecule has 3 rings (SSSR count). The molecule has 1 unspecified atom stereocenters. The summed E-state index contributed by atoms with van der Waals surface area (Å²) in [4.78, 5) is 8.59. The zero-order valence-electron chi connectivity index (χ0n) is 8.50. The second-order valence-corrected chi connectivity index (χ2v) is 3.47. The minimum Gasteiger partial charge on any atom is -0.356 e. The second kappa shape index (κ2) is 3.20. The molecule has 5 nitrogen and oxygen atoms in total. The highest BCUT2D eigenvalue weighted by Crippen LogP contribution is 2.27. The molecule has 1 aliphatic rings. The minimum absolute atomic E-state index is 0.0363. The van der Waals surface area contributed by atoms with E-state index in [-0.39, 0.29) is 6.23 Å². The molecule has 15 heavy (non-hydrogen) atoms. The third-order valence-electron chi connectivity index (χ3n) is 2.61. The van der Waals surface area contributed by atoms with Gasteiger partial charge in [0, 0.05) is 31.4 Å². The summed E-state index contributed by atoms with van der Waals surface area (Å²) in [5, 5.41) is 0. The van der Waals surface area contributed by atoms with Gasteiger partial charge in [-0.1, -0.05) is 0 Å². The van der Waals surface area contributed by atoms with Crippen molar-refractivity contribution in [2.75, 3.05) is 6.61 Å². The molecule has 0 N–H and O–H groups in total. The summed E-state index contributed by atoms with van der Waals surface area (Å²) in [5.41, 5.74) is 0. The first-order valence-corrected chi connectivity index (χ1v) is 5.06. The molecule has 2 aromatic heterocycles. The molecule has 0 radical (unpaired) electrons. The topological polar surface area (TPSA) is 44.9 Å². The minimum atomic E-state index is 0.0363. The van der Waals surface area contributed by atoms with E-state index in [0.717, 1.165) is 18.2 Å². The fourth-order valence-electron chi connectivity index (χ4n) is 1.96. The first-order valence-electron chi connectivity index (χ1n) is 5.06. The Hall–Kier alpha value is -1.62. The van der Waals surface area contributed by atoms with Crippen molar-refractivity contribution in [3.8, 4) is 11.6 Å². The molecule has 5 heteroatoms. The van der Waals surface area contributed by atoms with Crippen LogP contribution >= 0.6 is 0 Å². The third-order valence-corrected chi connectivity index (χ3v) is 2.61. The molecule has 0 aromatic carbocycles. The van der Waals surface area contributed by atoms with Crippen molar-refractivity contribution in [1.29, 1.82) is 0 Å². The van der Waals surface area contributed by atoms with E-state index in [1.807, 2.05) is 23.9 Å². The molecule has 2 aromatic rings. The number of ether oxygens (including phenoxy) is 1. The first kappa shape index (κ1) is 8.67. The van der Waals surface area contributed by atoms with Crippen LogP contribution in [-0.2, 0) is 11.3 Å². The van der Waals surface area contributed by atoms with E-state index in [9.17, 15) is 0 Å². The Balaban J connectivity index is 2.10. The summed E-state index contributed by atoms with van der Waals surface area (Å²) in [7, 11) is 0. The molecule has 0 aliphatic carbocycles. The van der Waals surface area contributed by atoms with Crippen molar-refractivity contribution >= 4 is 0 Å². The average Bonchev–Trinajstić information content (AvgIpc) is 2.84. The van der Waals surface area contributed by atoms with Crippen molar-refractivity contribution in [2.45, 2.75) is 19.7 Å². The standard InChI is InChI=1S/C10H12N4O/c1-2-15-8-7-13-5-3-11-9(13)10-12-4-6-14(8)10/h3-6,8H,2,7H2,1H3. The van der Waals surface area contributed by atoms with Crippen molar-refractivity contribution in [3.63, 3.8) is 0 Å². The number of imidazole rings is 2. The lowest BCUT2D eigenvalue weighted by Gasteiger charge is -2.25. The maximum Gasteiger partial charge on any atom is 0.178 e. The van der Waals surface area contributed by atoms with Crippen LogP contribution < -0.4 is 0 Å². The number of aromatic nitrogens is 4. The summed E-state index contributed by atoms with van der Waals surface area (Å²) in [6.07, 6.45) is 7.51. The largest absolute Gasteiger partial charge is 0.356 e. The van der Waals surface area contributed by atoms with Crippen LogP contribution in [0.15, 0.2) is 24.8 Å². The number of nitrogens with zero attached hydrogens (tertiary/aromatic N) is 4. The second-order valence-electron chi connectivity index (χ2n) is 3.47. The maximum atomic E-state index is 5.67. The van der Waals surface area contributed by atoms with E-state index in [1.165, 1.54) is 0 Å². The van der Waals surface area contributed by atoms with Gasteiger partial charge in [0.25, 0.3) is 0 Å². The number of rotatable bonds is 2. The van der Waals surface area contributed by atoms with Crippen LogP contribution in [0.5, 0.6) is 0 Å². The van der Waals surface area contributed by atoms with Crippen LogP contribution in [0.4, 0.5) is 0 Å². The quantitative estimate of drug-likeness (QED) is 0.740. The number of fused-ring (bicyclic) bond motifs is 3. The normalized spacial score (nSPS) is 18.6. The molecule has 3 heterocycles. The maximum absolute atomic E-state index is 5.67. The average molecular weight is 204 g/mol. The van der Waals surface area contributed by atoms with E-state index in [0.29, 0.717) is 6.61 Å². The van der Waals surface area contributed by atoms with Gasteiger partial charge in [0.2, 0.25) is 0 Å². The lowest BCUT2D eigenvalue weighted by molar-refractivity contribution is -0.00463. The molecule has 1 atom stereocenters. The van der Waals surface area contributed by atoms with Crippen molar-refractivity contribution in [1.82, 2.24) is 19.1 Å². The predicted molar refractivity (Wildman–Crippen MR) is 54.1 cm³/mol. The Morgan fingerprint density at radius 1 is 1.33 bits per heavy atom. The van der Waals surface area contributed by atoms with E-state index in [2.05, 4.69) is 14.5 Å². The van der Waals surface area contributed by atoms with E-state index in [1.54, 1.807) is 12.4 Å².